The summed E-state index contributed by atoms with van der Waals surface area (Å²) in [6.07, 6.45) is 3.65. The Labute approximate surface area is 134 Å². The van der Waals surface area contributed by atoms with Gasteiger partial charge in [0, 0.05) is 35.3 Å². The topological polar surface area (TPSA) is 29.3 Å². The first-order valence-electron chi connectivity index (χ1n) is 7.95. The van der Waals surface area contributed by atoms with Gasteiger partial charge in [-0.3, -0.25) is 0 Å². The number of thiazole rings is 1. The summed E-state index contributed by atoms with van der Waals surface area (Å²) >= 11 is 1.63. The van der Waals surface area contributed by atoms with E-state index in [1.165, 1.54) is 24.8 Å². The van der Waals surface area contributed by atoms with Crippen LogP contribution in [0.15, 0.2) is 39.6 Å². The molecule has 1 aromatic carbocycles. The maximum atomic E-state index is 5.99. The van der Waals surface area contributed by atoms with Gasteiger partial charge in [0.25, 0.3) is 0 Å². The van der Waals surface area contributed by atoms with Gasteiger partial charge in [-0.15, -0.1) is 11.3 Å². The van der Waals surface area contributed by atoms with Gasteiger partial charge in [0.05, 0.1) is 11.2 Å². The fraction of sp³-hybridized carbons (Fsp3) is 0.389. The largest absolute Gasteiger partial charge is 0.461 e. The quantitative estimate of drug-likeness (QED) is 0.706. The smallest absolute Gasteiger partial charge is 0.134 e. The maximum absolute atomic E-state index is 5.99. The van der Waals surface area contributed by atoms with Crippen LogP contribution in [0.2, 0.25) is 0 Å². The fourth-order valence-corrected chi connectivity index (χ4v) is 3.88. The molecule has 4 rings (SSSR count). The molecule has 114 valence electrons. The van der Waals surface area contributed by atoms with Crippen molar-refractivity contribution in [2.45, 2.75) is 32.2 Å². The van der Waals surface area contributed by atoms with Gasteiger partial charge in [-0.1, -0.05) is 0 Å². The summed E-state index contributed by atoms with van der Waals surface area (Å²) < 4.78 is 5.99. The van der Waals surface area contributed by atoms with Crippen LogP contribution < -0.4 is 0 Å². The number of likely N-dealkylation sites (tertiary alicyclic amines) is 1. The third kappa shape index (κ3) is 2.69. The molecule has 2 aromatic heterocycles. The summed E-state index contributed by atoms with van der Waals surface area (Å²) in [5.74, 6) is 1.09. The number of nitrogens with zero attached hydrogens (tertiary/aromatic N) is 2. The molecule has 3 nitrogen and oxygen atoms in total. The van der Waals surface area contributed by atoms with Crippen molar-refractivity contribution in [3.05, 3.63) is 40.9 Å². The number of furan rings is 1. The Kier molecular flexibility index (Phi) is 3.72. The van der Waals surface area contributed by atoms with E-state index in [2.05, 4.69) is 46.5 Å². The number of aromatic nitrogens is 1. The summed E-state index contributed by atoms with van der Waals surface area (Å²) in [5.41, 5.74) is 5.05. The Morgan fingerprint density at radius 1 is 1.36 bits per heavy atom. The lowest BCUT2D eigenvalue weighted by Gasteiger charge is -2.19. The second kappa shape index (κ2) is 5.86. The number of hydrogen-bond donors (Lipinski definition) is 0. The van der Waals surface area contributed by atoms with Crippen molar-refractivity contribution in [3.63, 3.8) is 0 Å². The molecule has 0 spiro atoms. The highest BCUT2D eigenvalue weighted by atomic mass is 32.1. The normalized spacial score (nSPS) is 19.2. The average molecular weight is 312 g/mol. The minimum absolute atomic E-state index is 0.723. The highest BCUT2D eigenvalue weighted by Gasteiger charge is 2.20. The van der Waals surface area contributed by atoms with Gasteiger partial charge in [-0.25, -0.2) is 4.98 Å². The van der Waals surface area contributed by atoms with Gasteiger partial charge in [-0.05, 0) is 50.6 Å². The lowest BCUT2D eigenvalue weighted by molar-refractivity contribution is 0.266. The summed E-state index contributed by atoms with van der Waals surface area (Å²) in [4.78, 5) is 6.94. The van der Waals surface area contributed by atoms with Gasteiger partial charge >= 0.3 is 0 Å². The summed E-state index contributed by atoms with van der Waals surface area (Å²) in [5, 5.41) is 3.26. The number of benzene rings is 1. The zero-order valence-electron chi connectivity index (χ0n) is 12.8. The molecule has 1 aliphatic heterocycles. The number of fused-ring (bicyclic) bond motifs is 1. The fourth-order valence-electron chi connectivity index (χ4n) is 3.31. The van der Waals surface area contributed by atoms with E-state index in [9.17, 15) is 0 Å². The van der Waals surface area contributed by atoms with Crippen molar-refractivity contribution in [1.29, 1.82) is 0 Å². The van der Waals surface area contributed by atoms with Crippen molar-refractivity contribution < 1.29 is 4.42 Å². The molecule has 4 heteroatoms. The predicted octanol–water partition coefficient (Wildman–Crippen LogP) is 4.58. The zero-order valence-corrected chi connectivity index (χ0v) is 13.6. The molecule has 0 amide bonds. The van der Waals surface area contributed by atoms with Crippen LogP contribution in [0.5, 0.6) is 0 Å². The van der Waals surface area contributed by atoms with Crippen molar-refractivity contribution in [1.82, 2.24) is 9.88 Å². The molecule has 0 aliphatic carbocycles. The summed E-state index contributed by atoms with van der Waals surface area (Å²) in [6, 6.07) is 9.24. The molecule has 1 saturated heterocycles. The van der Waals surface area contributed by atoms with Crippen molar-refractivity contribution in [2.24, 2.45) is 0 Å². The second-order valence-corrected chi connectivity index (χ2v) is 6.83. The van der Waals surface area contributed by atoms with E-state index < -0.39 is 0 Å². The van der Waals surface area contributed by atoms with E-state index in [4.69, 9.17) is 4.42 Å². The van der Waals surface area contributed by atoms with Crippen molar-refractivity contribution in [2.75, 3.05) is 13.1 Å². The van der Waals surface area contributed by atoms with Crippen LogP contribution in [0.3, 0.4) is 0 Å². The molecule has 0 N–H and O–H groups in total. The van der Waals surface area contributed by atoms with Gasteiger partial charge < -0.3 is 9.32 Å². The minimum atomic E-state index is 0.723. The Hall–Kier alpha value is -1.65. The first kappa shape index (κ1) is 14.0. The van der Waals surface area contributed by atoms with Crippen LogP contribution in [0.1, 0.15) is 25.5 Å². The molecule has 22 heavy (non-hydrogen) atoms. The number of hydrogen-bond acceptors (Lipinski definition) is 4. The van der Waals surface area contributed by atoms with Gasteiger partial charge in [0.2, 0.25) is 0 Å². The standard InChI is InChI=1S/C18H20N2OS/c1-13-3-2-7-20(13)8-6-16-10-15-9-14(4-5-18(15)21-16)17-11-22-12-19-17/h4-5,9-13H,2-3,6-8H2,1H3/t13-/m1/s1. The third-order valence-electron chi connectivity index (χ3n) is 4.63. The summed E-state index contributed by atoms with van der Waals surface area (Å²) in [6.45, 7) is 4.65. The minimum Gasteiger partial charge on any atom is -0.461 e. The molecule has 0 radical (unpaired) electrons. The molecule has 0 saturated carbocycles. The Bertz CT molecular complexity index is 763. The lowest BCUT2D eigenvalue weighted by atomic mass is 10.1. The highest BCUT2D eigenvalue weighted by Crippen LogP contribution is 2.27. The van der Waals surface area contributed by atoms with E-state index in [1.54, 1.807) is 11.3 Å². The molecule has 1 atom stereocenters. The maximum Gasteiger partial charge on any atom is 0.134 e. The Morgan fingerprint density at radius 2 is 2.32 bits per heavy atom. The van der Waals surface area contributed by atoms with Crippen LogP contribution >= 0.6 is 11.3 Å². The van der Waals surface area contributed by atoms with Crippen LogP contribution in [0.25, 0.3) is 22.2 Å². The highest BCUT2D eigenvalue weighted by molar-refractivity contribution is 7.07. The average Bonchev–Trinajstić information content (AvgIpc) is 3.25. The van der Waals surface area contributed by atoms with E-state index in [-0.39, 0.29) is 0 Å². The predicted molar refractivity (Wildman–Crippen MR) is 91.3 cm³/mol. The lowest BCUT2D eigenvalue weighted by Crippen LogP contribution is -2.28. The Morgan fingerprint density at radius 3 is 3.09 bits per heavy atom. The van der Waals surface area contributed by atoms with Crippen LogP contribution in [0, 0.1) is 0 Å². The summed E-state index contributed by atoms with van der Waals surface area (Å²) in [7, 11) is 0. The molecule has 3 aromatic rings. The molecular weight excluding hydrogens is 292 g/mol. The number of rotatable bonds is 4. The molecule has 1 aliphatic rings. The van der Waals surface area contributed by atoms with E-state index >= 15 is 0 Å². The Balaban J connectivity index is 1.53. The van der Waals surface area contributed by atoms with Gasteiger partial charge in [0.15, 0.2) is 0 Å². The van der Waals surface area contributed by atoms with Crippen LogP contribution in [-0.4, -0.2) is 29.0 Å². The first-order chi connectivity index (χ1) is 10.8. The first-order valence-corrected chi connectivity index (χ1v) is 8.89. The van der Waals surface area contributed by atoms with E-state index in [0.29, 0.717) is 0 Å². The van der Waals surface area contributed by atoms with Crippen LogP contribution in [-0.2, 0) is 6.42 Å². The molecular formula is C18H20N2OS. The molecule has 1 fully saturated rings. The molecule has 0 bridgehead atoms. The van der Waals surface area contributed by atoms with E-state index in [1.807, 2.05) is 5.51 Å². The van der Waals surface area contributed by atoms with Crippen molar-refractivity contribution in [3.8, 4) is 11.3 Å². The second-order valence-electron chi connectivity index (χ2n) is 6.12. The monoisotopic (exact) mass is 312 g/mol. The zero-order chi connectivity index (χ0) is 14.9. The van der Waals surface area contributed by atoms with Gasteiger partial charge in [0.1, 0.15) is 11.3 Å². The molecule has 3 heterocycles. The third-order valence-corrected chi connectivity index (χ3v) is 5.22. The van der Waals surface area contributed by atoms with E-state index in [0.717, 1.165) is 41.6 Å². The SMILES string of the molecule is C[C@@H]1CCCN1CCc1cc2cc(-c3cscn3)ccc2o1. The van der Waals surface area contributed by atoms with Crippen LogP contribution in [0.4, 0.5) is 0 Å². The van der Waals surface area contributed by atoms with Crippen molar-refractivity contribution >= 4 is 22.3 Å². The molecule has 0 unspecified atom stereocenters. The van der Waals surface area contributed by atoms with Gasteiger partial charge in [-0.2, -0.15) is 0 Å².